The van der Waals surface area contributed by atoms with Crippen molar-refractivity contribution >= 4 is 0 Å². The maximum Gasteiger partial charge on any atom is -0.0105 e. The molecule has 58 valence electrons. The zero-order valence-corrected chi connectivity index (χ0v) is 7.17. The van der Waals surface area contributed by atoms with Crippen LogP contribution in [0.25, 0.3) is 0 Å². The molecule has 1 fully saturated rings. The van der Waals surface area contributed by atoms with Crippen LogP contribution in [0.4, 0.5) is 0 Å². The predicted molar refractivity (Wildman–Crippen MR) is 47.6 cm³/mol. The Morgan fingerprint density at radius 1 is 1.18 bits per heavy atom. The van der Waals surface area contributed by atoms with E-state index in [-0.39, 0.29) is 0 Å². The molecule has 0 aliphatic heterocycles. The Balaban J connectivity index is 2.21. The van der Waals surface area contributed by atoms with Gasteiger partial charge in [0.05, 0.1) is 0 Å². The van der Waals surface area contributed by atoms with E-state index in [2.05, 4.69) is 44.2 Å². The Labute approximate surface area is 68.3 Å². The fourth-order valence-corrected chi connectivity index (χ4v) is 1.72. The molecule has 0 nitrogen and oxygen atoms in total. The van der Waals surface area contributed by atoms with Gasteiger partial charge in [-0.3, -0.25) is 0 Å². The highest BCUT2D eigenvalue weighted by Gasteiger charge is 2.46. The van der Waals surface area contributed by atoms with Crippen LogP contribution in [0.2, 0.25) is 0 Å². The van der Waals surface area contributed by atoms with E-state index < -0.39 is 0 Å². The summed E-state index contributed by atoms with van der Waals surface area (Å²) >= 11 is 0. The largest absolute Gasteiger partial charge is 0.0622 e. The fourth-order valence-electron chi connectivity index (χ4n) is 1.72. The number of rotatable bonds is 1. The first-order valence-corrected chi connectivity index (χ1v) is 4.25. The molecule has 0 radical (unpaired) electrons. The second-order valence-corrected chi connectivity index (χ2v) is 4.16. The maximum atomic E-state index is 2.34. The zero-order valence-electron chi connectivity index (χ0n) is 7.17. The quantitative estimate of drug-likeness (QED) is 0.570. The summed E-state index contributed by atoms with van der Waals surface area (Å²) in [5.41, 5.74) is 2.08. The van der Waals surface area contributed by atoms with Gasteiger partial charge in [0.1, 0.15) is 0 Å². The van der Waals surface area contributed by atoms with Gasteiger partial charge in [0.25, 0.3) is 0 Å². The van der Waals surface area contributed by atoms with Crippen molar-refractivity contribution in [2.45, 2.75) is 26.2 Å². The minimum atomic E-state index is 0.571. The molecule has 1 saturated carbocycles. The molecular weight excluding hydrogens is 132 g/mol. The second-order valence-electron chi connectivity index (χ2n) is 4.16. The molecule has 1 aromatic carbocycles. The summed E-state index contributed by atoms with van der Waals surface area (Å²) in [5.74, 6) is 0.823. The summed E-state index contributed by atoms with van der Waals surface area (Å²) in [6, 6.07) is 10.8. The van der Waals surface area contributed by atoms with Crippen LogP contribution in [0.3, 0.4) is 0 Å². The van der Waals surface area contributed by atoms with Crippen molar-refractivity contribution in [1.29, 1.82) is 0 Å². The molecule has 0 spiro atoms. The molecular formula is C11H14. The molecule has 1 aromatic rings. The first-order chi connectivity index (χ1) is 5.20. The molecule has 0 bridgehead atoms. The molecule has 0 aromatic heterocycles. The Kier molecular flexibility index (Phi) is 1.32. The molecule has 0 heteroatoms. The first kappa shape index (κ1) is 6.90. The van der Waals surface area contributed by atoms with Crippen molar-refractivity contribution in [3.8, 4) is 0 Å². The summed E-state index contributed by atoms with van der Waals surface area (Å²) in [4.78, 5) is 0. The van der Waals surface area contributed by atoms with Crippen LogP contribution >= 0.6 is 0 Å². The van der Waals surface area contributed by atoms with Crippen molar-refractivity contribution in [1.82, 2.24) is 0 Å². The van der Waals surface area contributed by atoms with E-state index in [1.54, 1.807) is 0 Å². The first-order valence-electron chi connectivity index (χ1n) is 4.25. The highest BCUT2D eigenvalue weighted by atomic mass is 14.5. The van der Waals surface area contributed by atoms with Gasteiger partial charge in [-0.15, -0.1) is 0 Å². The topological polar surface area (TPSA) is 0 Å². The van der Waals surface area contributed by atoms with Gasteiger partial charge in [-0.1, -0.05) is 44.2 Å². The van der Waals surface area contributed by atoms with Crippen LogP contribution < -0.4 is 0 Å². The average molecular weight is 146 g/mol. The Morgan fingerprint density at radius 2 is 1.73 bits per heavy atom. The van der Waals surface area contributed by atoms with Crippen LogP contribution in [-0.2, 0) is 0 Å². The van der Waals surface area contributed by atoms with E-state index in [0.29, 0.717) is 5.41 Å². The molecule has 1 atom stereocenters. The third-order valence-corrected chi connectivity index (χ3v) is 2.72. The normalized spacial score (nSPS) is 26.5. The van der Waals surface area contributed by atoms with Gasteiger partial charge in [-0.05, 0) is 23.3 Å². The van der Waals surface area contributed by atoms with E-state index in [1.807, 2.05) is 0 Å². The summed E-state index contributed by atoms with van der Waals surface area (Å²) < 4.78 is 0. The highest BCUT2D eigenvalue weighted by molar-refractivity contribution is 5.27. The Bertz CT molecular complexity index is 246. The Morgan fingerprint density at radius 3 is 2.18 bits per heavy atom. The lowest BCUT2D eigenvalue weighted by atomic mass is 10.0. The maximum absolute atomic E-state index is 2.34. The van der Waals surface area contributed by atoms with Crippen LogP contribution in [0.15, 0.2) is 30.3 Å². The van der Waals surface area contributed by atoms with E-state index in [4.69, 9.17) is 0 Å². The van der Waals surface area contributed by atoms with Gasteiger partial charge in [0.2, 0.25) is 0 Å². The lowest BCUT2D eigenvalue weighted by Crippen LogP contribution is -1.88. The third-order valence-electron chi connectivity index (χ3n) is 2.72. The lowest BCUT2D eigenvalue weighted by Gasteiger charge is -2.01. The van der Waals surface area contributed by atoms with Crippen LogP contribution in [-0.4, -0.2) is 0 Å². The molecule has 0 amide bonds. The SMILES string of the molecule is CC1(C)C[C@H]1c1ccccc1. The second kappa shape index (κ2) is 2.10. The molecule has 11 heavy (non-hydrogen) atoms. The summed E-state index contributed by atoms with van der Waals surface area (Å²) in [6.45, 7) is 4.68. The van der Waals surface area contributed by atoms with Crippen LogP contribution in [0.5, 0.6) is 0 Å². The van der Waals surface area contributed by atoms with Crippen LogP contribution in [0.1, 0.15) is 31.7 Å². The van der Waals surface area contributed by atoms with Gasteiger partial charge in [0, 0.05) is 0 Å². The standard InChI is InChI=1S/C11H14/c1-11(2)8-10(11)9-6-4-3-5-7-9/h3-7,10H,8H2,1-2H3/t10-/m0/s1. The third kappa shape index (κ3) is 1.18. The van der Waals surface area contributed by atoms with E-state index in [1.165, 1.54) is 12.0 Å². The molecule has 1 aliphatic carbocycles. The zero-order chi connectivity index (χ0) is 7.90. The lowest BCUT2D eigenvalue weighted by molar-refractivity contribution is 0.622. The van der Waals surface area contributed by atoms with E-state index in [9.17, 15) is 0 Å². The van der Waals surface area contributed by atoms with Gasteiger partial charge in [0.15, 0.2) is 0 Å². The van der Waals surface area contributed by atoms with E-state index in [0.717, 1.165) is 5.92 Å². The molecule has 0 heterocycles. The molecule has 0 unspecified atom stereocenters. The highest BCUT2D eigenvalue weighted by Crippen LogP contribution is 2.58. The van der Waals surface area contributed by atoms with Crippen molar-refractivity contribution in [2.75, 3.05) is 0 Å². The fraction of sp³-hybridized carbons (Fsp3) is 0.455. The van der Waals surface area contributed by atoms with Crippen LogP contribution in [0, 0.1) is 5.41 Å². The number of hydrogen-bond donors (Lipinski definition) is 0. The van der Waals surface area contributed by atoms with Gasteiger partial charge in [-0.25, -0.2) is 0 Å². The van der Waals surface area contributed by atoms with Crippen molar-refractivity contribution in [2.24, 2.45) is 5.41 Å². The molecule has 1 aliphatic rings. The average Bonchev–Trinajstić information content (AvgIpc) is 2.62. The Hall–Kier alpha value is -0.780. The van der Waals surface area contributed by atoms with Gasteiger partial charge in [-0.2, -0.15) is 0 Å². The minimum absolute atomic E-state index is 0.571. The van der Waals surface area contributed by atoms with Gasteiger partial charge < -0.3 is 0 Å². The van der Waals surface area contributed by atoms with Crippen molar-refractivity contribution in [3.63, 3.8) is 0 Å². The smallest absolute Gasteiger partial charge is 0.0105 e. The molecule has 0 saturated heterocycles. The van der Waals surface area contributed by atoms with E-state index >= 15 is 0 Å². The molecule has 0 N–H and O–H groups in total. The van der Waals surface area contributed by atoms with Gasteiger partial charge >= 0.3 is 0 Å². The minimum Gasteiger partial charge on any atom is -0.0622 e. The number of benzene rings is 1. The number of hydrogen-bond acceptors (Lipinski definition) is 0. The summed E-state index contributed by atoms with van der Waals surface area (Å²) in [5, 5.41) is 0. The predicted octanol–water partition coefficient (Wildman–Crippen LogP) is 3.20. The monoisotopic (exact) mass is 146 g/mol. The van der Waals surface area contributed by atoms with Crippen molar-refractivity contribution < 1.29 is 0 Å². The summed E-state index contributed by atoms with van der Waals surface area (Å²) in [7, 11) is 0. The van der Waals surface area contributed by atoms with Crippen molar-refractivity contribution in [3.05, 3.63) is 35.9 Å². The summed E-state index contributed by atoms with van der Waals surface area (Å²) in [6.07, 6.45) is 1.36. The molecule has 2 rings (SSSR count).